The Bertz CT molecular complexity index is 205. The minimum atomic E-state index is 0.849. The van der Waals surface area contributed by atoms with Crippen LogP contribution in [0.4, 0.5) is 0 Å². The molecule has 1 aliphatic heterocycles. The second-order valence-corrected chi connectivity index (χ2v) is 2.39. The molecule has 0 atom stereocenters. The van der Waals surface area contributed by atoms with Crippen LogP contribution in [0.25, 0.3) is 0 Å². The Balaban J connectivity index is 2.51. The summed E-state index contributed by atoms with van der Waals surface area (Å²) in [4.78, 5) is 3.23. The highest BCUT2D eigenvalue weighted by atomic mass is 16.5. The number of H-pyrrole nitrogens is 1. The smallest absolute Gasteiger partial charge is 0.140 e. The van der Waals surface area contributed by atoms with Crippen LogP contribution in [0.3, 0.4) is 0 Å². The third-order valence-corrected chi connectivity index (χ3v) is 1.60. The number of hydrogen-bond donors (Lipinski definition) is 1. The van der Waals surface area contributed by atoms with E-state index in [-0.39, 0.29) is 0 Å². The number of aromatic amines is 1. The summed E-state index contributed by atoms with van der Waals surface area (Å²) in [6, 6.07) is 2.04. The monoisotopic (exact) mass is 123 g/mol. The van der Waals surface area contributed by atoms with Gasteiger partial charge in [0.1, 0.15) is 5.75 Å². The van der Waals surface area contributed by atoms with Crippen molar-refractivity contribution in [3.63, 3.8) is 0 Å². The maximum Gasteiger partial charge on any atom is 0.140 e. The van der Waals surface area contributed by atoms with Crippen LogP contribution in [-0.2, 0) is 6.42 Å². The van der Waals surface area contributed by atoms with E-state index < -0.39 is 0 Å². The first-order chi connectivity index (χ1) is 4.36. The maximum atomic E-state index is 5.29. The van der Waals surface area contributed by atoms with Gasteiger partial charge in [0, 0.05) is 18.2 Å². The summed E-state index contributed by atoms with van der Waals surface area (Å²) in [6.07, 6.45) is 1.04. The second-order valence-electron chi connectivity index (χ2n) is 2.39. The maximum absolute atomic E-state index is 5.29. The molecule has 0 bridgehead atoms. The first-order valence-corrected chi connectivity index (χ1v) is 3.17. The Morgan fingerprint density at radius 1 is 1.67 bits per heavy atom. The van der Waals surface area contributed by atoms with Gasteiger partial charge in [-0.15, -0.1) is 0 Å². The minimum absolute atomic E-state index is 0.849. The summed E-state index contributed by atoms with van der Waals surface area (Å²) < 4.78 is 5.29. The summed E-state index contributed by atoms with van der Waals surface area (Å²) in [7, 11) is 0. The number of fused-ring (bicyclic) bond motifs is 1. The molecular formula is C7H9NO. The predicted octanol–water partition coefficient (Wildman–Crippen LogP) is 1.26. The number of rotatable bonds is 0. The Morgan fingerprint density at radius 2 is 2.56 bits per heavy atom. The summed E-state index contributed by atoms with van der Waals surface area (Å²) in [5, 5.41) is 0. The molecule has 0 saturated carbocycles. The van der Waals surface area contributed by atoms with Gasteiger partial charge in [0.15, 0.2) is 0 Å². The number of aryl methyl sites for hydroxylation is 1. The molecule has 1 aromatic heterocycles. The van der Waals surface area contributed by atoms with E-state index >= 15 is 0 Å². The van der Waals surface area contributed by atoms with E-state index in [9.17, 15) is 0 Å². The van der Waals surface area contributed by atoms with Crippen molar-refractivity contribution in [2.24, 2.45) is 0 Å². The fraction of sp³-hybridized carbons (Fsp3) is 0.429. The van der Waals surface area contributed by atoms with Gasteiger partial charge in [-0.25, -0.2) is 0 Å². The van der Waals surface area contributed by atoms with Crippen LogP contribution in [-0.4, -0.2) is 11.6 Å². The topological polar surface area (TPSA) is 25.0 Å². The standard InChI is InChI=1S/C7H9NO/c1-5-4-7-6(8-5)2-3-9-7/h4,8H,2-3H2,1H3. The lowest BCUT2D eigenvalue weighted by Crippen LogP contribution is -1.88. The van der Waals surface area contributed by atoms with Crippen molar-refractivity contribution in [1.29, 1.82) is 0 Å². The molecule has 0 aliphatic carbocycles. The second kappa shape index (κ2) is 1.53. The van der Waals surface area contributed by atoms with Crippen LogP contribution < -0.4 is 4.74 Å². The molecule has 2 heterocycles. The van der Waals surface area contributed by atoms with E-state index in [1.807, 2.05) is 13.0 Å². The molecule has 0 amide bonds. The average molecular weight is 123 g/mol. The SMILES string of the molecule is Cc1cc2c([nH]1)CCO2. The zero-order chi connectivity index (χ0) is 6.27. The first-order valence-electron chi connectivity index (χ1n) is 3.17. The van der Waals surface area contributed by atoms with Crippen molar-refractivity contribution in [3.8, 4) is 5.75 Å². The van der Waals surface area contributed by atoms with E-state index in [0.29, 0.717) is 0 Å². The molecule has 0 spiro atoms. The highest BCUT2D eigenvalue weighted by Crippen LogP contribution is 2.24. The molecule has 48 valence electrons. The highest BCUT2D eigenvalue weighted by molar-refractivity contribution is 5.34. The zero-order valence-corrected chi connectivity index (χ0v) is 5.40. The summed E-state index contributed by atoms with van der Waals surface area (Å²) in [5.74, 6) is 1.05. The van der Waals surface area contributed by atoms with Crippen molar-refractivity contribution in [2.45, 2.75) is 13.3 Å². The Morgan fingerprint density at radius 3 is 3.33 bits per heavy atom. The molecule has 1 N–H and O–H groups in total. The van der Waals surface area contributed by atoms with Gasteiger partial charge in [-0.2, -0.15) is 0 Å². The number of aromatic nitrogens is 1. The van der Waals surface area contributed by atoms with Crippen LogP contribution in [0.2, 0.25) is 0 Å². The van der Waals surface area contributed by atoms with E-state index in [1.165, 1.54) is 11.4 Å². The molecule has 0 aromatic carbocycles. The van der Waals surface area contributed by atoms with Gasteiger partial charge in [-0.05, 0) is 6.92 Å². The van der Waals surface area contributed by atoms with Crippen molar-refractivity contribution < 1.29 is 4.74 Å². The third-order valence-electron chi connectivity index (χ3n) is 1.60. The van der Waals surface area contributed by atoms with E-state index in [0.717, 1.165) is 18.8 Å². The highest BCUT2D eigenvalue weighted by Gasteiger charge is 2.12. The van der Waals surface area contributed by atoms with Crippen LogP contribution in [0, 0.1) is 6.92 Å². The summed E-state index contributed by atoms with van der Waals surface area (Å²) >= 11 is 0. The quantitative estimate of drug-likeness (QED) is 0.552. The van der Waals surface area contributed by atoms with E-state index in [4.69, 9.17) is 4.74 Å². The number of hydrogen-bond acceptors (Lipinski definition) is 1. The zero-order valence-electron chi connectivity index (χ0n) is 5.40. The minimum Gasteiger partial charge on any atom is -0.491 e. The van der Waals surface area contributed by atoms with Crippen LogP contribution in [0.1, 0.15) is 11.4 Å². The van der Waals surface area contributed by atoms with Crippen LogP contribution in [0.5, 0.6) is 5.75 Å². The largest absolute Gasteiger partial charge is 0.491 e. The molecule has 1 aromatic rings. The lowest BCUT2D eigenvalue weighted by atomic mass is 10.3. The van der Waals surface area contributed by atoms with Gasteiger partial charge in [-0.3, -0.25) is 0 Å². The normalized spacial score (nSPS) is 15.2. The van der Waals surface area contributed by atoms with Crippen LogP contribution >= 0.6 is 0 Å². The molecular weight excluding hydrogens is 114 g/mol. The Hall–Kier alpha value is -0.920. The molecule has 2 rings (SSSR count). The van der Waals surface area contributed by atoms with E-state index in [2.05, 4.69) is 4.98 Å². The first kappa shape index (κ1) is 4.91. The fourth-order valence-corrected chi connectivity index (χ4v) is 1.20. The number of nitrogens with one attached hydrogen (secondary N) is 1. The van der Waals surface area contributed by atoms with Crippen molar-refractivity contribution in [1.82, 2.24) is 4.98 Å². The third kappa shape index (κ3) is 0.626. The molecule has 0 radical (unpaired) electrons. The fourth-order valence-electron chi connectivity index (χ4n) is 1.20. The number of ether oxygens (including phenoxy) is 1. The lowest BCUT2D eigenvalue weighted by molar-refractivity contribution is 0.356. The predicted molar refractivity (Wildman–Crippen MR) is 34.7 cm³/mol. The molecule has 2 heteroatoms. The summed E-state index contributed by atoms with van der Waals surface area (Å²) in [6.45, 7) is 2.89. The molecule has 0 saturated heterocycles. The lowest BCUT2D eigenvalue weighted by Gasteiger charge is -1.88. The van der Waals surface area contributed by atoms with Crippen LogP contribution in [0.15, 0.2) is 6.07 Å². The van der Waals surface area contributed by atoms with Gasteiger partial charge in [0.05, 0.1) is 12.3 Å². The van der Waals surface area contributed by atoms with Gasteiger partial charge >= 0.3 is 0 Å². The van der Waals surface area contributed by atoms with Gasteiger partial charge in [0.25, 0.3) is 0 Å². The molecule has 2 nitrogen and oxygen atoms in total. The Kier molecular flexibility index (Phi) is 0.835. The Labute approximate surface area is 53.8 Å². The van der Waals surface area contributed by atoms with Gasteiger partial charge in [0.2, 0.25) is 0 Å². The molecule has 0 fully saturated rings. The van der Waals surface area contributed by atoms with Crippen molar-refractivity contribution in [3.05, 3.63) is 17.5 Å². The molecule has 0 unspecified atom stereocenters. The van der Waals surface area contributed by atoms with Gasteiger partial charge in [-0.1, -0.05) is 0 Å². The van der Waals surface area contributed by atoms with Crippen molar-refractivity contribution in [2.75, 3.05) is 6.61 Å². The average Bonchev–Trinajstić information content (AvgIpc) is 2.22. The van der Waals surface area contributed by atoms with E-state index in [1.54, 1.807) is 0 Å². The van der Waals surface area contributed by atoms with Crippen molar-refractivity contribution >= 4 is 0 Å². The van der Waals surface area contributed by atoms with Gasteiger partial charge < -0.3 is 9.72 Å². The molecule has 1 aliphatic rings. The summed E-state index contributed by atoms with van der Waals surface area (Å²) in [5.41, 5.74) is 2.45. The molecule has 9 heavy (non-hydrogen) atoms.